The third-order valence-electron chi connectivity index (χ3n) is 5.09. The normalized spacial score (nSPS) is 23.3. The van der Waals surface area contributed by atoms with Crippen LogP contribution >= 0.6 is 0 Å². The first-order valence-electron chi connectivity index (χ1n) is 8.50. The Morgan fingerprint density at radius 1 is 0.826 bits per heavy atom. The molecule has 4 rings (SSSR count). The van der Waals surface area contributed by atoms with Crippen LogP contribution in [0.3, 0.4) is 0 Å². The van der Waals surface area contributed by atoms with E-state index in [2.05, 4.69) is 29.6 Å². The van der Waals surface area contributed by atoms with Crippen LogP contribution in [0.4, 0.5) is 0 Å². The molecule has 0 radical (unpaired) electrons. The number of nitrogens with one attached hydrogen (secondary N) is 1. The van der Waals surface area contributed by atoms with Crippen molar-refractivity contribution in [3.05, 3.63) is 77.4 Å². The summed E-state index contributed by atoms with van der Waals surface area (Å²) in [6, 6.07) is 21.0. The second kappa shape index (κ2) is 6.04. The maximum Gasteiger partial charge on any atom is 0.248 e. The van der Waals surface area contributed by atoms with E-state index >= 15 is 0 Å². The van der Waals surface area contributed by atoms with E-state index in [0.717, 1.165) is 35.1 Å². The van der Waals surface area contributed by atoms with Gasteiger partial charge in [-0.05, 0) is 29.5 Å². The number of carbonyl (C=O) groups excluding carboxylic acids is 1. The first-order chi connectivity index (χ1) is 11.3. The molecule has 1 heterocycles. The van der Waals surface area contributed by atoms with E-state index in [0.29, 0.717) is 12.0 Å². The molecule has 23 heavy (non-hydrogen) atoms. The standard InChI is InChI=1S/C21H21NO/c23-21-20(17-13-7-8-14-18(17)22-21)19(15-9-3-1-4-10-15)16-11-5-2-6-12-16/h1-6,9-12,17-18H,7-8,13-14H2,(H,22,23)/t17-,18+/m1/s1. The summed E-state index contributed by atoms with van der Waals surface area (Å²) in [6.07, 6.45) is 4.66. The zero-order valence-corrected chi connectivity index (χ0v) is 13.2. The lowest BCUT2D eigenvalue weighted by Crippen LogP contribution is -2.30. The summed E-state index contributed by atoms with van der Waals surface area (Å²) in [5.74, 6) is 0.483. The van der Waals surface area contributed by atoms with Crippen LogP contribution in [-0.4, -0.2) is 11.9 Å². The van der Waals surface area contributed by atoms with Crippen molar-refractivity contribution in [3.8, 4) is 0 Å². The number of hydrogen-bond acceptors (Lipinski definition) is 1. The average Bonchev–Trinajstić information content (AvgIpc) is 2.94. The van der Waals surface area contributed by atoms with Crippen LogP contribution in [-0.2, 0) is 4.79 Å². The van der Waals surface area contributed by atoms with Crippen LogP contribution < -0.4 is 5.32 Å². The Labute approximate surface area is 137 Å². The zero-order valence-electron chi connectivity index (χ0n) is 13.2. The Hall–Kier alpha value is -2.35. The molecule has 0 aromatic heterocycles. The molecule has 1 saturated carbocycles. The third-order valence-corrected chi connectivity index (χ3v) is 5.09. The Kier molecular flexibility index (Phi) is 3.74. The summed E-state index contributed by atoms with van der Waals surface area (Å²) in [5.41, 5.74) is 4.37. The van der Waals surface area contributed by atoms with Gasteiger partial charge in [-0.15, -0.1) is 0 Å². The molecule has 1 amide bonds. The van der Waals surface area contributed by atoms with Crippen molar-refractivity contribution in [2.75, 3.05) is 0 Å². The first kappa shape index (κ1) is 14.3. The second-order valence-electron chi connectivity index (χ2n) is 6.49. The lowest BCUT2D eigenvalue weighted by molar-refractivity contribution is -0.116. The minimum atomic E-state index is 0.129. The highest BCUT2D eigenvalue weighted by atomic mass is 16.2. The van der Waals surface area contributed by atoms with Gasteiger partial charge >= 0.3 is 0 Å². The number of carbonyl (C=O) groups is 1. The summed E-state index contributed by atoms with van der Waals surface area (Å²) in [6.45, 7) is 0. The average molecular weight is 303 g/mol. The predicted molar refractivity (Wildman–Crippen MR) is 92.8 cm³/mol. The van der Waals surface area contributed by atoms with E-state index in [1.54, 1.807) is 0 Å². The molecule has 2 aromatic carbocycles. The van der Waals surface area contributed by atoms with Crippen LogP contribution in [0.25, 0.3) is 5.57 Å². The van der Waals surface area contributed by atoms with Crippen LogP contribution in [0.2, 0.25) is 0 Å². The van der Waals surface area contributed by atoms with Gasteiger partial charge in [-0.25, -0.2) is 0 Å². The predicted octanol–water partition coefficient (Wildman–Crippen LogP) is 4.18. The molecule has 2 heteroatoms. The molecule has 1 aliphatic heterocycles. The van der Waals surface area contributed by atoms with Crippen molar-refractivity contribution in [1.82, 2.24) is 5.32 Å². The number of fused-ring (bicyclic) bond motifs is 1. The molecular weight excluding hydrogens is 282 g/mol. The smallest absolute Gasteiger partial charge is 0.248 e. The Morgan fingerprint density at radius 3 is 2.00 bits per heavy atom. The van der Waals surface area contributed by atoms with Gasteiger partial charge < -0.3 is 5.32 Å². The van der Waals surface area contributed by atoms with Gasteiger partial charge in [-0.3, -0.25) is 4.79 Å². The van der Waals surface area contributed by atoms with Crippen molar-refractivity contribution >= 4 is 11.5 Å². The van der Waals surface area contributed by atoms with E-state index in [1.165, 1.54) is 12.8 Å². The molecule has 1 N–H and O–H groups in total. The molecule has 0 bridgehead atoms. The van der Waals surface area contributed by atoms with Gasteiger partial charge in [0.1, 0.15) is 0 Å². The quantitative estimate of drug-likeness (QED) is 0.829. The molecule has 2 atom stereocenters. The van der Waals surface area contributed by atoms with Gasteiger partial charge in [-0.2, -0.15) is 0 Å². The number of benzene rings is 2. The molecule has 116 valence electrons. The van der Waals surface area contributed by atoms with E-state index in [-0.39, 0.29) is 5.91 Å². The summed E-state index contributed by atoms with van der Waals surface area (Å²) in [4.78, 5) is 12.8. The highest BCUT2D eigenvalue weighted by Gasteiger charge is 2.40. The van der Waals surface area contributed by atoms with Crippen molar-refractivity contribution in [2.45, 2.75) is 31.7 Å². The molecule has 1 saturated heterocycles. The van der Waals surface area contributed by atoms with Gasteiger partial charge in [0, 0.05) is 17.5 Å². The molecule has 1 aliphatic carbocycles. The highest BCUT2D eigenvalue weighted by Crippen LogP contribution is 2.40. The molecule has 2 aromatic rings. The minimum absolute atomic E-state index is 0.129. The summed E-state index contributed by atoms with van der Waals surface area (Å²) < 4.78 is 0. The van der Waals surface area contributed by atoms with E-state index in [4.69, 9.17) is 0 Å². The summed E-state index contributed by atoms with van der Waals surface area (Å²) in [7, 11) is 0. The fourth-order valence-corrected chi connectivity index (χ4v) is 4.05. The second-order valence-corrected chi connectivity index (χ2v) is 6.49. The Bertz CT molecular complexity index is 691. The van der Waals surface area contributed by atoms with Gasteiger partial charge in [-0.1, -0.05) is 73.5 Å². The summed E-state index contributed by atoms with van der Waals surface area (Å²) >= 11 is 0. The topological polar surface area (TPSA) is 29.1 Å². The van der Waals surface area contributed by atoms with E-state index < -0.39 is 0 Å². The zero-order chi connectivity index (χ0) is 15.6. The monoisotopic (exact) mass is 303 g/mol. The first-order valence-corrected chi connectivity index (χ1v) is 8.50. The number of amides is 1. The van der Waals surface area contributed by atoms with Crippen molar-refractivity contribution in [2.24, 2.45) is 5.92 Å². The maximum absolute atomic E-state index is 12.8. The Balaban J connectivity index is 1.92. The van der Waals surface area contributed by atoms with Crippen molar-refractivity contribution in [1.29, 1.82) is 0 Å². The van der Waals surface area contributed by atoms with Crippen molar-refractivity contribution < 1.29 is 4.79 Å². The Morgan fingerprint density at radius 2 is 1.39 bits per heavy atom. The van der Waals surface area contributed by atoms with Crippen molar-refractivity contribution in [3.63, 3.8) is 0 Å². The fraction of sp³-hybridized carbons (Fsp3) is 0.286. The van der Waals surface area contributed by atoms with Gasteiger partial charge in [0.2, 0.25) is 5.91 Å². The molecule has 0 unspecified atom stereocenters. The lowest BCUT2D eigenvalue weighted by atomic mass is 9.79. The van der Waals surface area contributed by atoms with Gasteiger partial charge in [0.05, 0.1) is 0 Å². The molecule has 0 spiro atoms. The van der Waals surface area contributed by atoms with E-state index in [9.17, 15) is 4.79 Å². The van der Waals surface area contributed by atoms with E-state index in [1.807, 2.05) is 36.4 Å². The van der Waals surface area contributed by atoms with Crippen LogP contribution in [0.5, 0.6) is 0 Å². The van der Waals surface area contributed by atoms with Gasteiger partial charge in [0.25, 0.3) is 0 Å². The molecule has 2 nitrogen and oxygen atoms in total. The minimum Gasteiger partial charge on any atom is -0.349 e. The maximum atomic E-state index is 12.8. The SMILES string of the molecule is O=C1N[C@H]2CCCC[C@H]2C1=C(c1ccccc1)c1ccccc1. The van der Waals surface area contributed by atoms with Crippen LogP contribution in [0.15, 0.2) is 66.2 Å². The molecule has 2 fully saturated rings. The molecular formula is C21H21NO. The number of hydrogen-bond donors (Lipinski definition) is 1. The van der Waals surface area contributed by atoms with Crippen LogP contribution in [0.1, 0.15) is 36.8 Å². The molecule has 2 aliphatic rings. The fourth-order valence-electron chi connectivity index (χ4n) is 4.05. The largest absolute Gasteiger partial charge is 0.349 e. The number of rotatable bonds is 2. The van der Waals surface area contributed by atoms with Gasteiger partial charge in [0.15, 0.2) is 0 Å². The lowest BCUT2D eigenvalue weighted by Gasteiger charge is -2.25. The van der Waals surface area contributed by atoms with Crippen LogP contribution in [0, 0.1) is 5.92 Å². The summed E-state index contributed by atoms with van der Waals surface area (Å²) in [5, 5.41) is 3.23. The third kappa shape index (κ3) is 2.59. The highest BCUT2D eigenvalue weighted by molar-refractivity contribution is 6.07.